The van der Waals surface area contributed by atoms with Crippen LogP contribution in [0, 0.1) is 0 Å². The smallest absolute Gasteiger partial charge is 0.0743 e. The van der Waals surface area contributed by atoms with E-state index in [1.165, 1.54) is 27.8 Å². The number of nitrogens with two attached hydrogens (primary N) is 1. The van der Waals surface area contributed by atoms with Crippen molar-refractivity contribution in [1.82, 2.24) is 0 Å². The molecule has 2 N–H and O–H groups in total. The summed E-state index contributed by atoms with van der Waals surface area (Å²) in [6.07, 6.45) is 6.27. The van der Waals surface area contributed by atoms with E-state index in [4.69, 9.17) is 10.7 Å². The van der Waals surface area contributed by atoms with E-state index < -0.39 is 0 Å². The molecule has 3 aromatic carbocycles. The fraction of sp³-hybridized carbons (Fsp3) is 0.167. The van der Waals surface area contributed by atoms with Crippen molar-refractivity contribution in [2.75, 3.05) is 5.73 Å². The Hall–Kier alpha value is -3.65. The van der Waals surface area contributed by atoms with E-state index in [0.717, 1.165) is 22.5 Å². The Balaban J connectivity index is 1.86. The molecule has 2 nitrogen and oxygen atoms in total. The summed E-state index contributed by atoms with van der Waals surface area (Å²) in [5.74, 6) is 0. The summed E-state index contributed by atoms with van der Waals surface area (Å²) in [6.45, 7) is 11.3. The molecule has 0 aromatic heterocycles. The molecular weight excluding hydrogens is 388 g/mol. The highest BCUT2D eigenvalue weighted by molar-refractivity contribution is 6.16. The molecule has 32 heavy (non-hydrogen) atoms. The monoisotopic (exact) mass is 418 g/mol. The molecule has 3 aromatic rings. The van der Waals surface area contributed by atoms with Crippen LogP contribution >= 0.6 is 0 Å². The fourth-order valence-corrected chi connectivity index (χ4v) is 4.58. The summed E-state index contributed by atoms with van der Waals surface area (Å²) in [7, 11) is 0. The Kier molecular flexibility index (Phi) is 5.96. The third kappa shape index (κ3) is 3.85. The van der Waals surface area contributed by atoms with E-state index in [-0.39, 0.29) is 5.41 Å². The molecule has 0 fully saturated rings. The van der Waals surface area contributed by atoms with Crippen LogP contribution in [-0.4, -0.2) is 5.71 Å². The van der Waals surface area contributed by atoms with Crippen molar-refractivity contribution in [1.29, 1.82) is 0 Å². The molecule has 4 rings (SSSR count). The number of benzene rings is 3. The molecule has 0 unspecified atom stereocenters. The van der Waals surface area contributed by atoms with Gasteiger partial charge in [-0.3, -0.25) is 4.99 Å². The van der Waals surface area contributed by atoms with Gasteiger partial charge in [-0.1, -0.05) is 99.3 Å². The molecule has 1 aliphatic carbocycles. The first-order valence-electron chi connectivity index (χ1n) is 11.1. The van der Waals surface area contributed by atoms with Gasteiger partial charge in [0.1, 0.15) is 0 Å². The standard InChI is InChI=1S/C30H30N2/c1-5-12-23-24-18-17-22(19-27(24)30(3,4)26(23)6-2)29(25-15-10-11-16-28(25)31)32-20-21-13-8-7-9-14-21/h5-19H,2,20,31H2,1,3-4H3/b12-5-,32-29?. The average molecular weight is 419 g/mol. The lowest BCUT2D eigenvalue weighted by atomic mass is 9.80. The van der Waals surface area contributed by atoms with Gasteiger partial charge in [-0.2, -0.15) is 0 Å². The maximum atomic E-state index is 6.39. The number of aliphatic imine (C=N–C) groups is 1. The maximum absolute atomic E-state index is 6.39. The fourth-order valence-electron chi connectivity index (χ4n) is 4.58. The van der Waals surface area contributed by atoms with E-state index in [2.05, 4.69) is 75.9 Å². The van der Waals surface area contributed by atoms with Crippen LogP contribution in [0.15, 0.2) is 108 Å². The van der Waals surface area contributed by atoms with E-state index >= 15 is 0 Å². The van der Waals surface area contributed by atoms with Gasteiger partial charge in [0.15, 0.2) is 0 Å². The summed E-state index contributed by atoms with van der Waals surface area (Å²) in [4.78, 5) is 5.05. The summed E-state index contributed by atoms with van der Waals surface area (Å²) in [5.41, 5.74) is 16.2. The zero-order valence-corrected chi connectivity index (χ0v) is 19.1. The normalized spacial score (nSPS) is 15.3. The number of hydrogen-bond donors (Lipinski definition) is 1. The second-order valence-corrected chi connectivity index (χ2v) is 8.65. The molecule has 0 saturated carbocycles. The van der Waals surface area contributed by atoms with Crippen LogP contribution in [-0.2, 0) is 12.0 Å². The molecule has 0 saturated heterocycles. The van der Waals surface area contributed by atoms with Crippen LogP contribution in [0.3, 0.4) is 0 Å². The Morgan fingerprint density at radius 2 is 1.72 bits per heavy atom. The number of rotatable bonds is 6. The SMILES string of the molecule is C=CC1=C(/C=C\C)c2ccc(C(=NCc3ccccc3)c3ccccc3N)cc2C1(C)C. The lowest BCUT2D eigenvalue weighted by molar-refractivity contribution is 0.654. The molecule has 0 bridgehead atoms. The van der Waals surface area contributed by atoms with Gasteiger partial charge >= 0.3 is 0 Å². The van der Waals surface area contributed by atoms with Gasteiger partial charge in [-0.05, 0) is 46.9 Å². The van der Waals surface area contributed by atoms with Crippen LogP contribution in [0.25, 0.3) is 5.57 Å². The molecule has 0 atom stereocenters. The molecule has 0 heterocycles. The highest BCUT2D eigenvalue weighted by Gasteiger charge is 2.35. The second kappa shape index (κ2) is 8.84. The van der Waals surface area contributed by atoms with Crippen molar-refractivity contribution in [2.24, 2.45) is 4.99 Å². The first-order valence-corrected chi connectivity index (χ1v) is 11.1. The van der Waals surface area contributed by atoms with Crippen molar-refractivity contribution in [3.63, 3.8) is 0 Å². The van der Waals surface area contributed by atoms with Gasteiger partial charge < -0.3 is 5.73 Å². The predicted octanol–water partition coefficient (Wildman–Crippen LogP) is 7.11. The zero-order valence-electron chi connectivity index (χ0n) is 19.1. The topological polar surface area (TPSA) is 38.4 Å². The largest absolute Gasteiger partial charge is 0.398 e. The second-order valence-electron chi connectivity index (χ2n) is 8.65. The zero-order chi connectivity index (χ0) is 22.7. The summed E-state index contributed by atoms with van der Waals surface area (Å²) in [5, 5.41) is 0. The van der Waals surface area contributed by atoms with Gasteiger partial charge in [-0.25, -0.2) is 0 Å². The average Bonchev–Trinajstić information content (AvgIpc) is 3.01. The molecule has 0 spiro atoms. The minimum Gasteiger partial charge on any atom is -0.398 e. The number of hydrogen-bond acceptors (Lipinski definition) is 2. The Morgan fingerprint density at radius 1 is 1.00 bits per heavy atom. The predicted molar refractivity (Wildman–Crippen MR) is 138 cm³/mol. The third-order valence-electron chi connectivity index (χ3n) is 6.24. The van der Waals surface area contributed by atoms with Crippen LogP contribution < -0.4 is 5.73 Å². The van der Waals surface area contributed by atoms with Crippen molar-refractivity contribution in [2.45, 2.75) is 32.7 Å². The van der Waals surface area contributed by atoms with Crippen LogP contribution in [0.5, 0.6) is 0 Å². The first-order chi connectivity index (χ1) is 15.5. The van der Waals surface area contributed by atoms with E-state index in [1.54, 1.807) is 0 Å². The van der Waals surface area contributed by atoms with Gasteiger partial charge in [0, 0.05) is 22.2 Å². The number of fused-ring (bicyclic) bond motifs is 1. The van der Waals surface area contributed by atoms with Crippen molar-refractivity contribution in [3.05, 3.63) is 131 Å². The quantitative estimate of drug-likeness (QED) is 0.336. The molecule has 0 amide bonds. The molecule has 160 valence electrons. The van der Waals surface area contributed by atoms with Crippen LogP contribution in [0.1, 0.15) is 48.6 Å². The lowest BCUT2D eigenvalue weighted by Crippen LogP contribution is -2.17. The third-order valence-corrected chi connectivity index (χ3v) is 6.24. The number of allylic oxidation sites excluding steroid dienone is 5. The van der Waals surface area contributed by atoms with Crippen molar-refractivity contribution < 1.29 is 0 Å². The van der Waals surface area contributed by atoms with Crippen molar-refractivity contribution in [3.8, 4) is 0 Å². The minimum atomic E-state index is -0.130. The van der Waals surface area contributed by atoms with Crippen molar-refractivity contribution >= 4 is 17.0 Å². The first kappa shape index (κ1) is 21.6. The maximum Gasteiger partial charge on any atom is 0.0743 e. The van der Waals surface area contributed by atoms with E-state index in [1.807, 2.05) is 42.5 Å². The summed E-state index contributed by atoms with van der Waals surface area (Å²) in [6, 6.07) is 25.0. The molecule has 1 aliphatic rings. The number of para-hydroxylation sites is 1. The van der Waals surface area contributed by atoms with Crippen LogP contribution in [0.4, 0.5) is 5.69 Å². The minimum absolute atomic E-state index is 0.130. The Bertz CT molecular complexity index is 1240. The number of nitrogens with zero attached hydrogens (tertiary/aromatic N) is 1. The summed E-state index contributed by atoms with van der Waals surface area (Å²) >= 11 is 0. The van der Waals surface area contributed by atoms with E-state index in [9.17, 15) is 0 Å². The Morgan fingerprint density at radius 3 is 2.41 bits per heavy atom. The van der Waals surface area contributed by atoms with Gasteiger partial charge in [0.05, 0.1) is 12.3 Å². The Labute approximate surface area is 191 Å². The summed E-state index contributed by atoms with van der Waals surface area (Å²) < 4.78 is 0. The van der Waals surface area contributed by atoms with Gasteiger partial charge in [-0.15, -0.1) is 0 Å². The van der Waals surface area contributed by atoms with E-state index in [0.29, 0.717) is 6.54 Å². The number of nitrogen functional groups attached to an aromatic ring is 1. The lowest BCUT2D eigenvalue weighted by Gasteiger charge is -2.23. The van der Waals surface area contributed by atoms with Crippen LogP contribution in [0.2, 0.25) is 0 Å². The highest BCUT2D eigenvalue weighted by Crippen LogP contribution is 2.47. The molecule has 2 heteroatoms. The van der Waals surface area contributed by atoms with Gasteiger partial charge in [0.25, 0.3) is 0 Å². The molecule has 0 aliphatic heterocycles. The highest BCUT2D eigenvalue weighted by atomic mass is 14.7. The molecule has 0 radical (unpaired) electrons. The van der Waals surface area contributed by atoms with Gasteiger partial charge in [0.2, 0.25) is 0 Å². The number of anilines is 1. The molecular formula is C30H30N2.